The fraction of sp³-hybridized carbons (Fsp3) is 0.837. The fourth-order valence-corrected chi connectivity index (χ4v) is 8.49. The lowest BCUT2D eigenvalue weighted by molar-refractivity contribution is 0.0456. The molecule has 8 heteroatoms. The van der Waals surface area contributed by atoms with Gasteiger partial charge in [-0.15, -0.1) is 0 Å². The van der Waals surface area contributed by atoms with Gasteiger partial charge < -0.3 is 4.74 Å². The second kappa shape index (κ2) is 30.8. The molecule has 0 N–H and O–H groups in total. The SMILES string of the molecule is CCCCCCCCCCCCCCCCCC[C@H](C)[C@H](CCCCCCCCCCCCCCC1=NN=N[N+]1(c1ccccc1)[SH](=O)=O)OC. The summed E-state index contributed by atoms with van der Waals surface area (Å²) in [6.45, 7) is 4.71. The summed E-state index contributed by atoms with van der Waals surface area (Å²) in [5.74, 6) is 1.17. The van der Waals surface area contributed by atoms with Crippen molar-refractivity contribution in [3.63, 3.8) is 0 Å². The molecule has 1 aromatic carbocycles. The molecule has 1 aliphatic rings. The maximum absolute atomic E-state index is 12.2. The molecule has 1 unspecified atom stereocenters. The number of thiol groups is 1. The number of ether oxygens (including phenoxy) is 1. The first-order chi connectivity index (χ1) is 25.1. The Hall–Kier alpha value is -1.64. The van der Waals surface area contributed by atoms with Crippen LogP contribution in [0.15, 0.2) is 45.9 Å². The van der Waals surface area contributed by atoms with Gasteiger partial charge in [-0.1, -0.05) is 211 Å². The average molecular weight is 732 g/mol. The molecule has 0 radical (unpaired) electrons. The van der Waals surface area contributed by atoms with E-state index in [1.54, 1.807) is 12.1 Å². The molecule has 0 amide bonds. The normalized spacial score (nSPS) is 17.0. The van der Waals surface area contributed by atoms with Crippen LogP contribution in [0.1, 0.15) is 213 Å². The quantitative estimate of drug-likeness (QED) is 0.0424. The molecular weight excluding hydrogens is 653 g/mol. The van der Waals surface area contributed by atoms with Crippen LogP contribution in [0.2, 0.25) is 0 Å². The zero-order valence-corrected chi connectivity index (χ0v) is 34.3. The molecule has 0 fully saturated rings. The number of benzene rings is 1. The summed E-state index contributed by atoms with van der Waals surface area (Å²) in [4.78, 5) is 0. The number of methoxy groups -OCH3 is 1. The van der Waals surface area contributed by atoms with Gasteiger partial charge in [-0.2, -0.15) is 8.42 Å². The highest BCUT2D eigenvalue weighted by molar-refractivity contribution is 7.72. The van der Waals surface area contributed by atoms with E-state index in [0.29, 0.717) is 30.0 Å². The summed E-state index contributed by atoms with van der Waals surface area (Å²) < 4.78 is 29.7. The van der Waals surface area contributed by atoms with Crippen LogP contribution in [0.4, 0.5) is 5.69 Å². The van der Waals surface area contributed by atoms with E-state index in [-0.39, 0.29) is 0 Å². The van der Waals surface area contributed by atoms with E-state index >= 15 is 0 Å². The van der Waals surface area contributed by atoms with Gasteiger partial charge >= 0.3 is 10.9 Å². The lowest BCUT2D eigenvalue weighted by Crippen LogP contribution is -2.45. The number of hydrogen-bond donors (Lipinski definition) is 1. The van der Waals surface area contributed by atoms with E-state index in [0.717, 1.165) is 12.8 Å². The van der Waals surface area contributed by atoms with Crippen LogP contribution >= 0.6 is 0 Å². The van der Waals surface area contributed by atoms with Crippen LogP contribution in [-0.2, 0) is 15.6 Å². The van der Waals surface area contributed by atoms with Crippen molar-refractivity contribution in [3.05, 3.63) is 30.3 Å². The summed E-state index contributed by atoms with van der Waals surface area (Å²) in [5.41, 5.74) is 0.568. The van der Waals surface area contributed by atoms with Gasteiger partial charge in [0.25, 0.3) is 5.84 Å². The minimum atomic E-state index is -2.92. The highest BCUT2D eigenvalue weighted by Gasteiger charge is 2.45. The molecule has 7 nitrogen and oxygen atoms in total. The number of rotatable bonds is 36. The third-order valence-corrected chi connectivity index (χ3v) is 12.1. The Morgan fingerprint density at radius 3 is 1.43 bits per heavy atom. The molecule has 0 spiro atoms. The highest BCUT2D eigenvalue weighted by atomic mass is 32.2. The Morgan fingerprint density at radius 1 is 0.588 bits per heavy atom. The molecule has 1 aliphatic heterocycles. The molecule has 294 valence electrons. The Kier molecular flexibility index (Phi) is 27.5. The Balaban J connectivity index is 1.34. The van der Waals surface area contributed by atoms with E-state index in [2.05, 4.69) is 29.4 Å². The van der Waals surface area contributed by atoms with Crippen molar-refractivity contribution in [1.82, 2.24) is 4.00 Å². The standard InChI is InChI=1S/C43H79N4O3S/c1-4-5-6-7-8-9-10-11-12-13-14-17-20-23-26-30-35-40(2)42(50-3)38-33-27-24-21-18-15-16-19-22-25-28-34-39-43-44-45-46-47(43,51(48)49)41-36-31-29-32-37-41/h29,31-32,36-37,40,42,51H,4-28,30,33-35,38-39H2,1-3H3/q+1/t40-,42-,47?/m0/s1. The molecule has 0 saturated heterocycles. The van der Waals surface area contributed by atoms with Crippen LogP contribution in [-0.4, -0.2) is 27.5 Å². The van der Waals surface area contributed by atoms with Gasteiger partial charge in [0.15, 0.2) is 5.69 Å². The van der Waals surface area contributed by atoms with Crippen LogP contribution in [0.25, 0.3) is 0 Å². The predicted molar refractivity (Wildman–Crippen MR) is 220 cm³/mol. The van der Waals surface area contributed by atoms with Gasteiger partial charge in [0, 0.05) is 34.9 Å². The lowest BCUT2D eigenvalue weighted by Gasteiger charge is -2.22. The summed E-state index contributed by atoms with van der Waals surface area (Å²) in [6.07, 6.45) is 41.5. The monoisotopic (exact) mass is 732 g/mol. The summed E-state index contributed by atoms with van der Waals surface area (Å²) in [6, 6.07) is 9.04. The molecule has 51 heavy (non-hydrogen) atoms. The topological polar surface area (TPSA) is 80.5 Å². The number of para-hydroxylation sites is 1. The van der Waals surface area contributed by atoms with Crippen molar-refractivity contribution in [2.75, 3.05) is 7.11 Å². The third kappa shape index (κ3) is 19.9. The first-order valence-electron chi connectivity index (χ1n) is 21.7. The first kappa shape index (κ1) is 45.5. The van der Waals surface area contributed by atoms with Crippen molar-refractivity contribution in [2.45, 2.75) is 219 Å². The van der Waals surface area contributed by atoms with Crippen LogP contribution in [0, 0.1) is 5.92 Å². The number of unbranched alkanes of at least 4 members (excludes halogenated alkanes) is 26. The Bertz CT molecular complexity index is 1090. The van der Waals surface area contributed by atoms with E-state index in [1.807, 2.05) is 25.3 Å². The zero-order valence-electron chi connectivity index (χ0n) is 33.4. The van der Waals surface area contributed by atoms with Crippen molar-refractivity contribution in [3.8, 4) is 0 Å². The molecule has 0 saturated carbocycles. The number of hydrogen-bond acceptors (Lipinski definition) is 6. The van der Waals surface area contributed by atoms with Gasteiger partial charge in [-0.3, -0.25) is 0 Å². The predicted octanol–water partition coefficient (Wildman–Crippen LogP) is 14.0. The molecule has 0 bridgehead atoms. The first-order valence-corrected chi connectivity index (χ1v) is 22.8. The molecule has 0 aliphatic carbocycles. The molecule has 3 atom stereocenters. The van der Waals surface area contributed by atoms with E-state index in [1.165, 1.54) is 180 Å². The van der Waals surface area contributed by atoms with Gasteiger partial charge in [0.05, 0.1) is 11.3 Å². The van der Waals surface area contributed by atoms with Crippen molar-refractivity contribution < 1.29 is 13.2 Å². The lowest BCUT2D eigenvalue weighted by atomic mass is 9.93. The summed E-state index contributed by atoms with van der Waals surface area (Å²) in [7, 11) is -1.00. The van der Waals surface area contributed by atoms with Gasteiger partial charge in [-0.05, 0) is 25.2 Å². The van der Waals surface area contributed by atoms with E-state index < -0.39 is 14.9 Å². The fourth-order valence-electron chi connectivity index (χ4n) is 7.74. The van der Waals surface area contributed by atoms with Gasteiger partial charge in [-0.25, -0.2) is 0 Å². The molecule has 2 rings (SSSR count). The maximum Gasteiger partial charge on any atom is 0.324 e. The summed E-state index contributed by atoms with van der Waals surface area (Å²) >= 11 is 0. The smallest absolute Gasteiger partial charge is 0.324 e. The average Bonchev–Trinajstić information content (AvgIpc) is 3.58. The number of amidine groups is 1. The second-order valence-electron chi connectivity index (χ2n) is 15.5. The van der Waals surface area contributed by atoms with E-state index in [4.69, 9.17) is 4.74 Å². The summed E-state index contributed by atoms with van der Waals surface area (Å²) in [5, 5.41) is 11.8. The number of quaternary nitrogens is 1. The number of nitrogens with zero attached hydrogens (tertiary/aromatic N) is 4. The molecule has 1 aromatic rings. The van der Waals surface area contributed by atoms with Crippen LogP contribution < -0.4 is 4.00 Å². The van der Waals surface area contributed by atoms with Gasteiger partial charge in [0.1, 0.15) is 0 Å². The van der Waals surface area contributed by atoms with Crippen LogP contribution in [0.5, 0.6) is 0 Å². The maximum atomic E-state index is 12.2. The minimum Gasteiger partial charge on any atom is -0.381 e. The molecular formula is C43H79N4O3S+. The molecule has 1 heterocycles. The largest absolute Gasteiger partial charge is 0.381 e. The third-order valence-electron chi connectivity index (χ3n) is 11.1. The Morgan fingerprint density at radius 2 is 1.00 bits per heavy atom. The van der Waals surface area contributed by atoms with Crippen LogP contribution in [0.3, 0.4) is 0 Å². The molecule has 0 aromatic heterocycles. The minimum absolute atomic E-state index is 0.430. The van der Waals surface area contributed by atoms with Crippen molar-refractivity contribution in [2.24, 2.45) is 21.5 Å². The Labute approximate surface area is 316 Å². The highest BCUT2D eigenvalue weighted by Crippen LogP contribution is 2.31. The van der Waals surface area contributed by atoms with Crippen molar-refractivity contribution in [1.29, 1.82) is 0 Å². The van der Waals surface area contributed by atoms with E-state index in [9.17, 15) is 8.42 Å². The second-order valence-corrected chi connectivity index (χ2v) is 16.5. The van der Waals surface area contributed by atoms with Crippen molar-refractivity contribution >= 4 is 22.4 Å². The van der Waals surface area contributed by atoms with Gasteiger partial charge in [0.2, 0.25) is 0 Å². The zero-order chi connectivity index (χ0) is 36.7.